The molecule has 0 aromatic heterocycles. The first kappa shape index (κ1) is 85.0. The highest BCUT2D eigenvalue weighted by atomic mass is 31.2. The molecule has 0 fully saturated rings. The smallest absolute Gasteiger partial charge is 0.462 e. The molecule has 0 saturated carbocycles. The van der Waals surface area contributed by atoms with Crippen molar-refractivity contribution < 1.29 is 42.1 Å². The summed E-state index contributed by atoms with van der Waals surface area (Å²) in [4.78, 5) is 35.9. The summed E-state index contributed by atoms with van der Waals surface area (Å²) in [5, 5.41) is 0. The van der Waals surface area contributed by atoms with E-state index in [1.165, 1.54) is 360 Å². The van der Waals surface area contributed by atoms with Crippen molar-refractivity contribution in [2.75, 3.05) is 47.5 Å². The molecule has 0 aromatic rings. The van der Waals surface area contributed by atoms with Gasteiger partial charge in [0.2, 0.25) is 0 Å². The van der Waals surface area contributed by atoms with E-state index in [4.69, 9.17) is 18.5 Å². The number of hydrogen-bond acceptors (Lipinski definition) is 7. The van der Waals surface area contributed by atoms with Gasteiger partial charge in [0.15, 0.2) is 6.10 Å². The first-order valence-corrected chi connectivity index (χ1v) is 40.3. The lowest BCUT2D eigenvalue weighted by Gasteiger charge is -2.24. The van der Waals surface area contributed by atoms with Gasteiger partial charge < -0.3 is 18.9 Å². The van der Waals surface area contributed by atoms with E-state index >= 15 is 0 Å². The Bertz CT molecular complexity index is 1410. The van der Waals surface area contributed by atoms with Gasteiger partial charge in [-0.15, -0.1) is 0 Å². The molecule has 0 aromatic carbocycles. The van der Waals surface area contributed by atoms with Crippen LogP contribution in [0.3, 0.4) is 0 Å². The van der Waals surface area contributed by atoms with Crippen LogP contribution in [-0.2, 0) is 32.7 Å². The van der Waals surface area contributed by atoms with Crippen LogP contribution in [0, 0.1) is 0 Å². The molecular formula is C76H153NO8P+. The number of esters is 2. The fourth-order valence-corrected chi connectivity index (χ4v) is 12.9. The van der Waals surface area contributed by atoms with Crippen LogP contribution >= 0.6 is 7.82 Å². The fraction of sp³-hybridized carbons (Fsp3) is 0.974. The largest absolute Gasteiger partial charge is 0.472 e. The highest BCUT2D eigenvalue weighted by Crippen LogP contribution is 2.43. The average molecular weight is 1240 g/mol. The molecule has 86 heavy (non-hydrogen) atoms. The molecule has 0 aliphatic heterocycles. The third-order valence-corrected chi connectivity index (χ3v) is 19.1. The highest BCUT2D eigenvalue weighted by molar-refractivity contribution is 7.47. The summed E-state index contributed by atoms with van der Waals surface area (Å²) in [6, 6.07) is 0. The van der Waals surface area contributed by atoms with Crippen LogP contribution in [0.1, 0.15) is 425 Å². The van der Waals surface area contributed by atoms with Crippen molar-refractivity contribution in [3.63, 3.8) is 0 Å². The zero-order valence-corrected chi connectivity index (χ0v) is 59.8. The second-order valence-electron chi connectivity index (χ2n) is 28.1. The lowest BCUT2D eigenvalue weighted by atomic mass is 10.0. The first-order valence-electron chi connectivity index (χ1n) is 38.8. The van der Waals surface area contributed by atoms with Gasteiger partial charge >= 0.3 is 19.8 Å². The molecule has 0 spiro atoms. The van der Waals surface area contributed by atoms with Crippen molar-refractivity contribution >= 4 is 19.8 Å². The SMILES string of the molecule is CCCCCCCCCCCCCCCCCCCCCCCCCCCCCCCCCCCC(=O)OC(COC(=O)CCCCCCCCCCCCCCCCCCCCCCCCCCCCCCC)COP(=O)(O)OCC[N+](C)(C)C. The highest BCUT2D eigenvalue weighted by Gasteiger charge is 2.27. The lowest BCUT2D eigenvalue weighted by molar-refractivity contribution is -0.870. The number of ether oxygens (including phenoxy) is 2. The predicted octanol–water partition coefficient (Wildman–Crippen LogP) is 25.3. The monoisotopic (exact) mass is 1240 g/mol. The quantitative estimate of drug-likeness (QED) is 0.0278. The van der Waals surface area contributed by atoms with Gasteiger partial charge in [-0.2, -0.15) is 0 Å². The van der Waals surface area contributed by atoms with Crippen LogP contribution in [0.2, 0.25) is 0 Å². The molecule has 0 rings (SSSR count). The van der Waals surface area contributed by atoms with Gasteiger partial charge in [0, 0.05) is 12.8 Å². The summed E-state index contributed by atoms with van der Waals surface area (Å²) in [5.74, 6) is -0.765. The van der Waals surface area contributed by atoms with Crippen LogP contribution in [0.15, 0.2) is 0 Å². The molecule has 0 heterocycles. The van der Waals surface area contributed by atoms with Crippen molar-refractivity contribution in [2.45, 2.75) is 431 Å². The van der Waals surface area contributed by atoms with Gasteiger partial charge in [0.25, 0.3) is 0 Å². The molecule has 10 heteroatoms. The first-order chi connectivity index (χ1) is 42.0. The normalized spacial score (nSPS) is 13.0. The van der Waals surface area contributed by atoms with Crippen LogP contribution < -0.4 is 0 Å². The maximum atomic E-state index is 12.9. The predicted molar refractivity (Wildman–Crippen MR) is 372 cm³/mol. The summed E-state index contributed by atoms with van der Waals surface area (Å²) in [6.07, 6.45) is 83.9. The molecular weight excluding hydrogens is 1090 g/mol. The van der Waals surface area contributed by atoms with Crippen molar-refractivity contribution in [1.29, 1.82) is 0 Å². The van der Waals surface area contributed by atoms with E-state index in [2.05, 4.69) is 13.8 Å². The number of phosphoric acid groups is 1. The summed E-state index contributed by atoms with van der Waals surface area (Å²) < 4.78 is 34.8. The molecule has 2 unspecified atom stereocenters. The second-order valence-corrected chi connectivity index (χ2v) is 29.6. The van der Waals surface area contributed by atoms with Gasteiger partial charge in [0.05, 0.1) is 27.7 Å². The number of nitrogens with zero attached hydrogens (tertiary/aromatic N) is 1. The number of phosphoric ester groups is 1. The number of rotatable bonds is 74. The number of carbonyl (C=O) groups is 2. The Morgan fingerprint density at radius 2 is 0.523 bits per heavy atom. The van der Waals surface area contributed by atoms with Crippen LogP contribution in [0.25, 0.3) is 0 Å². The molecule has 0 aliphatic carbocycles. The molecule has 1 N–H and O–H groups in total. The van der Waals surface area contributed by atoms with E-state index in [9.17, 15) is 19.0 Å². The second kappa shape index (κ2) is 68.4. The van der Waals surface area contributed by atoms with Gasteiger partial charge in [0.1, 0.15) is 19.8 Å². The minimum atomic E-state index is -4.39. The Balaban J connectivity index is 3.91. The molecule has 0 aliphatic rings. The lowest BCUT2D eigenvalue weighted by Crippen LogP contribution is -2.37. The van der Waals surface area contributed by atoms with E-state index in [0.29, 0.717) is 17.4 Å². The standard InChI is InChI=1S/C76H152NO8P/c1-6-8-10-12-14-16-18-20-22-24-26-28-30-32-34-36-37-38-39-41-43-45-47-49-51-53-55-57-59-61-63-65-67-69-76(79)85-74(73-84-86(80,81)83-71-70-77(3,4)5)72-82-75(78)68-66-64-62-60-58-56-54-52-50-48-46-44-42-40-35-33-31-29-27-25-23-21-19-17-15-13-11-9-7-2/h74H,6-73H2,1-5H3/p+1. The van der Waals surface area contributed by atoms with Crippen LogP contribution in [0.5, 0.6) is 0 Å². The molecule has 9 nitrogen and oxygen atoms in total. The average Bonchev–Trinajstić information content (AvgIpc) is 3.70. The summed E-state index contributed by atoms with van der Waals surface area (Å²) in [7, 11) is 1.51. The van der Waals surface area contributed by atoms with E-state index in [-0.39, 0.29) is 25.6 Å². The fourth-order valence-electron chi connectivity index (χ4n) is 12.2. The van der Waals surface area contributed by atoms with Crippen LogP contribution in [0.4, 0.5) is 0 Å². The van der Waals surface area contributed by atoms with Crippen molar-refractivity contribution in [1.82, 2.24) is 0 Å². The molecule has 514 valence electrons. The maximum absolute atomic E-state index is 12.9. The van der Waals surface area contributed by atoms with Gasteiger partial charge in [-0.25, -0.2) is 4.57 Å². The third-order valence-electron chi connectivity index (χ3n) is 18.1. The number of unbranched alkanes of at least 4 members (excludes halogenated alkanes) is 60. The third kappa shape index (κ3) is 72.1. The Morgan fingerprint density at radius 3 is 0.744 bits per heavy atom. The van der Waals surface area contributed by atoms with E-state index in [1.807, 2.05) is 21.1 Å². The molecule has 2 atom stereocenters. The number of quaternary nitrogens is 1. The van der Waals surface area contributed by atoms with E-state index in [1.54, 1.807) is 0 Å². The summed E-state index contributed by atoms with van der Waals surface area (Å²) in [6.45, 7) is 4.54. The number of carbonyl (C=O) groups excluding carboxylic acids is 2. The Labute approximate surface area is 537 Å². The minimum absolute atomic E-state index is 0.0378. The molecule has 0 amide bonds. The number of likely N-dealkylation sites (N-methyl/N-ethyl adjacent to an activating group) is 1. The van der Waals surface area contributed by atoms with Gasteiger partial charge in [-0.1, -0.05) is 399 Å². The van der Waals surface area contributed by atoms with Gasteiger partial charge in [-0.05, 0) is 12.8 Å². The summed E-state index contributed by atoms with van der Waals surface area (Å²) >= 11 is 0. The minimum Gasteiger partial charge on any atom is -0.462 e. The topological polar surface area (TPSA) is 108 Å². The zero-order valence-electron chi connectivity index (χ0n) is 58.9. The Hall–Kier alpha value is -0.990. The van der Waals surface area contributed by atoms with E-state index in [0.717, 1.165) is 38.5 Å². The zero-order chi connectivity index (χ0) is 62.6. The molecule has 0 bridgehead atoms. The maximum Gasteiger partial charge on any atom is 0.472 e. The van der Waals surface area contributed by atoms with Crippen LogP contribution in [-0.4, -0.2) is 74.9 Å². The number of hydrogen-bond donors (Lipinski definition) is 1. The van der Waals surface area contributed by atoms with Crippen molar-refractivity contribution in [3.8, 4) is 0 Å². The van der Waals surface area contributed by atoms with Gasteiger partial charge in [-0.3, -0.25) is 18.6 Å². The molecule has 0 saturated heterocycles. The van der Waals surface area contributed by atoms with E-state index < -0.39 is 26.5 Å². The Morgan fingerprint density at radius 1 is 0.314 bits per heavy atom. The molecule has 0 radical (unpaired) electrons. The van der Waals surface area contributed by atoms with Crippen molar-refractivity contribution in [2.24, 2.45) is 0 Å². The summed E-state index contributed by atoms with van der Waals surface area (Å²) in [5.41, 5.74) is 0. The van der Waals surface area contributed by atoms with Crippen molar-refractivity contribution in [3.05, 3.63) is 0 Å². The Kier molecular flexibility index (Phi) is 67.6.